The number of fused-ring (bicyclic) bond motifs is 3. The van der Waals surface area contributed by atoms with Gasteiger partial charge in [0.25, 0.3) is 0 Å². The molecule has 92 valence electrons. The van der Waals surface area contributed by atoms with Gasteiger partial charge in [0.1, 0.15) is 0 Å². The number of hydrogen-bond acceptors (Lipinski definition) is 1. The second kappa shape index (κ2) is 3.04. The lowest BCUT2D eigenvalue weighted by atomic mass is 9.74. The summed E-state index contributed by atoms with van der Waals surface area (Å²) in [5.41, 5.74) is 0.191. The molecule has 0 spiro atoms. The molecule has 1 heteroatoms. The van der Waals surface area contributed by atoms with Crippen molar-refractivity contribution in [2.24, 2.45) is 35.0 Å². The SMILES string of the molecule is C[C@H]1CC[C@@H]2[C@@H]1[C@H]1[C@@H](CC[C@@]2(C)O)C1(C)C. The van der Waals surface area contributed by atoms with Gasteiger partial charge in [-0.25, -0.2) is 0 Å². The summed E-state index contributed by atoms with van der Waals surface area (Å²) in [5, 5.41) is 10.7. The number of hydrogen-bond donors (Lipinski definition) is 1. The van der Waals surface area contributed by atoms with Gasteiger partial charge in [-0.3, -0.25) is 0 Å². The summed E-state index contributed by atoms with van der Waals surface area (Å²) in [5.74, 6) is 4.03. The first-order valence-electron chi connectivity index (χ1n) is 7.08. The van der Waals surface area contributed by atoms with E-state index in [1.54, 1.807) is 0 Å². The van der Waals surface area contributed by atoms with Crippen LogP contribution in [0.3, 0.4) is 0 Å². The predicted molar refractivity (Wildman–Crippen MR) is 66.0 cm³/mol. The van der Waals surface area contributed by atoms with Crippen LogP contribution in [0.25, 0.3) is 0 Å². The highest BCUT2D eigenvalue weighted by molar-refractivity contribution is 5.14. The fourth-order valence-electron chi connectivity index (χ4n) is 5.29. The van der Waals surface area contributed by atoms with Crippen LogP contribution in [0.1, 0.15) is 53.4 Å². The van der Waals surface area contributed by atoms with Crippen molar-refractivity contribution in [3.63, 3.8) is 0 Å². The Balaban J connectivity index is 1.94. The van der Waals surface area contributed by atoms with Crippen molar-refractivity contribution in [3.05, 3.63) is 0 Å². The summed E-state index contributed by atoms with van der Waals surface area (Å²) in [7, 11) is 0. The Morgan fingerprint density at radius 2 is 1.69 bits per heavy atom. The highest BCUT2D eigenvalue weighted by atomic mass is 16.3. The molecule has 6 atom stereocenters. The highest BCUT2D eigenvalue weighted by Gasteiger charge is 2.66. The van der Waals surface area contributed by atoms with Gasteiger partial charge in [-0.15, -0.1) is 0 Å². The molecule has 0 saturated heterocycles. The summed E-state index contributed by atoms with van der Waals surface area (Å²) >= 11 is 0. The maximum atomic E-state index is 10.7. The minimum atomic E-state index is -0.376. The fourth-order valence-corrected chi connectivity index (χ4v) is 5.29. The normalized spacial score (nSPS) is 58.7. The van der Waals surface area contributed by atoms with Gasteiger partial charge in [0.15, 0.2) is 0 Å². The topological polar surface area (TPSA) is 20.2 Å². The monoisotopic (exact) mass is 222 g/mol. The van der Waals surface area contributed by atoms with E-state index in [4.69, 9.17) is 0 Å². The molecule has 0 heterocycles. The molecule has 3 aliphatic rings. The van der Waals surface area contributed by atoms with Crippen LogP contribution < -0.4 is 0 Å². The summed E-state index contributed by atoms with van der Waals surface area (Å²) in [6.07, 6.45) is 4.89. The van der Waals surface area contributed by atoms with Gasteiger partial charge in [0, 0.05) is 0 Å². The van der Waals surface area contributed by atoms with Crippen LogP contribution in [0, 0.1) is 35.0 Å². The van der Waals surface area contributed by atoms with E-state index >= 15 is 0 Å². The predicted octanol–water partition coefficient (Wildman–Crippen LogP) is 3.47. The lowest BCUT2D eigenvalue weighted by Gasteiger charge is -2.35. The van der Waals surface area contributed by atoms with Crippen LogP contribution in [0.5, 0.6) is 0 Å². The quantitative estimate of drug-likeness (QED) is 0.665. The zero-order chi connectivity index (χ0) is 11.7. The molecule has 1 nitrogen and oxygen atoms in total. The average Bonchev–Trinajstić information content (AvgIpc) is 2.51. The molecule has 0 aromatic carbocycles. The molecule has 3 fully saturated rings. The van der Waals surface area contributed by atoms with Crippen molar-refractivity contribution in [2.75, 3.05) is 0 Å². The first-order chi connectivity index (χ1) is 7.36. The van der Waals surface area contributed by atoms with Gasteiger partial charge in [-0.2, -0.15) is 0 Å². The summed E-state index contributed by atoms with van der Waals surface area (Å²) in [6.45, 7) is 9.41. The molecule has 16 heavy (non-hydrogen) atoms. The van der Waals surface area contributed by atoms with Crippen LogP contribution in [0.4, 0.5) is 0 Å². The second-order valence-electron chi connectivity index (χ2n) is 7.59. The van der Waals surface area contributed by atoms with Gasteiger partial charge in [-0.1, -0.05) is 27.2 Å². The lowest BCUT2D eigenvalue weighted by molar-refractivity contribution is -0.0302. The van der Waals surface area contributed by atoms with E-state index in [1.165, 1.54) is 19.3 Å². The Hall–Kier alpha value is -0.0400. The third-order valence-corrected chi connectivity index (χ3v) is 6.37. The van der Waals surface area contributed by atoms with E-state index in [2.05, 4.69) is 27.7 Å². The molecule has 0 radical (unpaired) electrons. The van der Waals surface area contributed by atoms with E-state index in [0.29, 0.717) is 11.3 Å². The minimum absolute atomic E-state index is 0.376. The van der Waals surface area contributed by atoms with Crippen molar-refractivity contribution >= 4 is 0 Å². The van der Waals surface area contributed by atoms with Crippen molar-refractivity contribution in [2.45, 2.75) is 59.0 Å². The van der Waals surface area contributed by atoms with E-state index in [0.717, 1.165) is 30.1 Å². The first-order valence-corrected chi connectivity index (χ1v) is 7.08. The molecule has 0 amide bonds. The van der Waals surface area contributed by atoms with E-state index in [1.807, 2.05) is 0 Å². The average molecular weight is 222 g/mol. The third kappa shape index (κ3) is 1.27. The molecule has 0 aliphatic heterocycles. The first kappa shape index (κ1) is 11.1. The van der Waals surface area contributed by atoms with Gasteiger partial charge in [-0.05, 0) is 61.2 Å². The third-order valence-electron chi connectivity index (χ3n) is 6.37. The maximum absolute atomic E-state index is 10.7. The van der Waals surface area contributed by atoms with Crippen LogP contribution >= 0.6 is 0 Å². The molecule has 1 N–H and O–H groups in total. The molecule has 3 rings (SSSR count). The summed E-state index contributed by atoms with van der Waals surface area (Å²) < 4.78 is 0. The molecule has 3 aliphatic carbocycles. The Morgan fingerprint density at radius 3 is 2.38 bits per heavy atom. The van der Waals surface area contributed by atoms with Crippen LogP contribution in [-0.4, -0.2) is 10.7 Å². The molecule has 0 aromatic rings. The van der Waals surface area contributed by atoms with Crippen LogP contribution in [0.15, 0.2) is 0 Å². The zero-order valence-electron chi connectivity index (χ0n) is 11.2. The van der Waals surface area contributed by atoms with Gasteiger partial charge >= 0.3 is 0 Å². The van der Waals surface area contributed by atoms with E-state index in [9.17, 15) is 5.11 Å². The molecule has 0 bridgehead atoms. The molecule has 0 aromatic heterocycles. The van der Waals surface area contributed by atoms with Crippen molar-refractivity contribution in [1.29, 1.82) is 0 Å². The standard InChI is InChI=1S/C15H26O/c1-9-5-6-10-12(9)13-11(14(13,2)3)7-8-15(10,4)16/h9-13,16H,5-8H2,1-4H3/t9-,10+,11+,12+,13+,15+/m0/s1. The van der Waals surface area contributed by atoms with Crippen molar-refractivity contribution in [3.8, 4) is 0 Å². The van der Waals surface area contributed by atoms with Gasteiger partial charge < -0.3 is 5.11 Å². The minimum Gasteiger partial charge on any atom is -0.390 e. The van der Waals surface area contributed by atoms with Gasteiger partial charge in [0.05, 0.1) is 5.60 Å². The molecule has 0 unspecified atom stereocenters. The molecular formula is C15H26O. The van der Waals surface area contributed by atoms with Crippen molar-refractivity contribution in [1.82, 2.24) is 0 Å². The van der Waals surface area contributed by atoms with E-state index in [-0.39, 0.29) is 5.60 Å². The Kier molecular flexibility index (Phi) is 2.11. The van der Waals surface area contributed by atoms with Crippen molar-refractivity contribution < 1.29 is 5.11 Å². The van der Waals surface area contributed by atoms with E-state index < -0.39 is 0 Å². The Morgan fingerprint density at radius 1 is 1.00 bits per heavy atom. The maximum Gasteiger partial charge on any atom is 0.0650 e. The number of aliphatic hydroxyl groups is 1. The summed E-state index contributed by atoms with van der Waals surface area (Å²) in [4.78, 5) is 0. The fraction of sp³-hybridized carbons (Fsp3) is 1.00. The Bertz CT molecular complexity index is 305. The zero-order valence-corrected chi connectivity index (χ0v) is 11.2. The smallest absolute Gasteiger partial charge is 0.0650 e. The van der Waals surface area contributed by atoms with Crippen LogP contribution in [0.2, 0.25) is 0 Å². The highest BCUT2D eigenvalue weighted by Crippen LogP contribution is 2.71. The molecule has 3 saturated carbocycles. The summed E-state index contributed by atoms with van der Waals surface area (Å²) in [6, 6.07) is 0. The molecular weight excluding hydrogens is 196 g/mol. The lowest BCUT2D eigenvalue weighted by Crippen LogP contribution is -2.38. The van der Waals surface area contributed by atoms with Crippen LogP contribution in [-0.2, 0) is 0 Å². The van der Waals surface area contributed by atoms with Gasteiger partial charge in [0.2, 0.25) is 0 Å². The second-order valence-corrected chi connectivity index (χ2v) is 7.59. The number of rotatable bonds is 0. The largest absolute Gasteiger partial charge is 0.390 e. The Labute approximate surface area is 99.6 Å².